The number of rotatable bonds is 8. The molecule has 0 aliphatic rings. The molecule has 0 atom stereocenters. The van der Waals surface area contributed by atoms with Crippen molar-refractivity contribution < 1.29 is 26.2 Å². The van der Waals surface area contributed by atoms with Gasteiger partial charge < -0.3 is 13.5 Å². The summed E-state index contributed by atoms with van der Waals surface area (Å²) < 4.78 is 47.8. The molecule has 0 bridgehead atoms. The predicted octanol–water partition coefficient (Wildman–Crippen LogP) is 4.38. The lowest BCUT2D eigenvalue weighted by Gasteiger charge is -2.22. The second-order valence-electron chi connectivity index (χ2n) is 7.02. The maximum Gasteiger partial charge on any atom is 0.311 e. The Bertz CT molecular complexity index is 1090. The first-order valence-corrected chi connectivity index (χ1v) is 10.8. The summed E-state index contributed by atoms with van der Waals surface area (Å²) in [7, 11) is -3.69. The largest absolute Gasteiger partial charge is 0.467 e. The van der Waals surface area contributed by atoms with Gasteiger partial charge in [-0.3, -0.25) is 4.79 Å². The highest BCUT2D eigenvalue weighted by atomic mass is 32.2. The van der Waals surface area contributed by atoms with Crippen molar-refractivity contribution >= 4 is 16.0 Å². The van der Waals surface area contributed by atoms with Crippen molar-refractivity contribution in [1.29, 1.82) is 0 Å². The molecule has 0 fully saturated rings. The molecule has 0 saturated carbocycles. The lowest BCUT2D eigenvalue weighted by Crippen LogP contribution is -2.30. The number of benzene rings is 2. The van der Waals surface area contributed by atoms with Gasteiger partial charge in [0.05, 0.1) is 18.1 Å². The van der Waals surface area contributed by atoms with Crippen LogP contribution in [0.3, 0.4) is 0 Å². The Labute approximate surface area is 175 Å². The Morgan fingerprint density at radius 2 is 1.80 bits per heavy atom. The molecular formula is C22H22FNO5S. The quantitative estimate of drug-likeness (QED) is 0.495. The number of nitrogens with zero attached hydrogens (tertiary/aromatic N) is 1. The first kappa shape index (κ1) is 21.6. The number of carbonyl (C=O) groups is 1. The number of amides is 1. The molecule has 0 spiro atoms. The second kappa shape index (κ2) is 9.13. The van der Waals surface area contributed by atoms with Crippen LogP contribution in [0.15, 0.2) is 71.3 Å². The van der Waals surface area contributed by atoms with Gasteiger partial charge in [0, 0.05) is 12.1 Å². The van der Waals surface area contributed by atoms with E-state index in [2.05, 4.69) is 0 Å². The highest BCUT2D eigenvalue weighted by molar-refractivity contribution is 7.87. The van der Waals surface area contributed by atoms with Crippen LogP contribution in [0, 0.1) is 5.82 Å². The van der Waals surface area contributed by atoms with Crippen LogP contribution in [0.1, 0.15) is 35.5 Å². The van der Waals surface area contributed by atoms with Crippen LogP contribution >= 0.6 is 0 Å². The highest BCUT2D eigenvalue weighted by Crippen LogP contribution is 2.20. The first-order chi connectivity index (χ1) is 14.2. The zero-order chi connectivity index (χ0) is 21.7. The molecule has 2 aromatic carbocycles. The Morgan fingerprint density at radius 3 is 2.40 bits per heavy atom. The molecule has 30 heavy (non-hydrogen) atoms. The van der Waals surface area contributed by atoms with Crippen LogP contribution in [0.25, 0.3) is 0 Å². The van der Waals surface area contributed by atoms with Gasteiger partial charge in [-0.25, -0.2) is 4.39 Å². The predicted molar refractivity (Wildman–Crippen MR) is 110 cm³/mol. The van der Waals surface area contributed by atoms with Gasteiger partial charge in [-0.15, -0.1) is 0 Å². The number of halogens is 1. The lowest BCUT2D eigenvalue weighted by molar-refractivity contribution is 0.0717. The Kier molecular flexibility index (Phi) is 6.56. The summed E-state index contributed by atoms with van der Waals surface area (Å²) in [5.41, 5.74) is 0.977. The summed E-state index contributed by atoms with van der Waals surface area (Å²) in [6, 6.07) is 15.4. The van der Waals surface area contributed by atoms with Crippen molar-refractivity contribution in [3.63, 3.8) is 0 Å². The van der Waals surface area contributed by atoms with E-state index < -0.39 is 21.2 Å². The standard InChI is InChI=1S/C22H22FNO5S/c1-16(2)30(26,27)29-20-10-8-17(9-11-20)14-24(15-21-7-4-12-28-21)22(25)18-5-3-6-19(23)13-18/h3-13,16H,14-15H2,1-2H3. The summed E-state index contributed by atoms with van der Waals surface area (Å²) in [4.78, 5) is 14.5. The average Bonchev–Trinajstić information content (AvgIpc) is 3.21. The third-order valence-electron chi connectivity index (χ3n) is 4.37. The molecule has 0 N–H and O–H groups in total. The van der Waals surface area contributed by atoms with Gasteiger partial charge in [0.25, 0.3) is 5.91 Å². The van der Waals surface area contributed by atoms with E-state index in [1.165, 1.54) is 55.3 Å². The minimum atomic E-state index is -3.69. The molecule has 0 unspecified atom stereocenters. The van der Waals surface area contributed by atoms with Gasteiger partial charge >= 0.3 is 10.1 Å². The molecule has 0 aliphatic carbocycles. The molecule has 3 aromatic rings. The molecule has 3 rings (SSSR count). The smallest absolute Gasteiger partial charge is 0.311 e. The number of hydrogen-bond acceptors (Lipinski definition) is 5. The van der Waals surface area contributed by atoms with E-state index in [0.717, 1.165) is 5.56 Å². The number of hydrogen-bond donors (Lipinski definition) is 0. The summed E-state index contributed by atoms with van der Waals surface area (Å²) in [6.07, 6.45) is 1.52. The van der Waals surface area contributed by atoms with E-state index in [0.29, 0.717) is 5.76 Å². The zero-order valence-corrected chi connectivity index (χ0v) is 17.4. The van der Waals surface area contributed by atoms with Crippen molar-refractivity contribution in [2.24, 2.45) is 0 Å². The molecule has 0 saturated heterocycles. The van der Waals surface area contributed by atoms with Gasteiger partial charge in [0.2, 0.25) is 0 Å². The molecule has 1 amide bonds. The Morgan fingerprint density at radius 1 is 1.07 bits per heavy atom. The van der Waals surface area contributed by atoms with Crippen LogP contribution in [-0.2, 0) is 23.2 Å². The van der Waals surface area contributed by atoms with Crippen molar-refractivity contribution in [1.82, 2.24) is 4.90 Å². The van der Waals surface area contributed by atoms with Gasteiger partial charge in [-0.2, -0.15) is 8.42 Å². The number of furan rings is 1. The Balaban J connectivity index is 1.80. The van der Waals surface area contributed by atoms with E-state index in [9.17, 15) is 17.6 Å². The summed E-state index contributed by atoms with van der Waals surface area (Å²) in [5, 5.41) is -0.662. The molecular weight excluding hydrogens is 409 g/mol. The third kappa shape index (κ3) is 5.48. The fraction of sp³-hybridized carbons (Fsp3) is 0.227. The van der Waals surface area contributed by atoms with Crippen LogP contribution in [0.4, 0.5) is 4.39 Å². The van der Waals surface area contributed by atoms with Crippen molar-refractivity contribution in [3.05, 3.63) is 89.6 Å². The van der Waals surface area contributed by atoms with E-state index in [1.54, 1.807) is 30.3 Å². The molecule has 1 aromatic heterocycles. The molecule has 8 heteroatoms. The minimum Gasteiger partial charge on any atom is -0.467 e. The SMILES string of the molecule is CC(C)S(=O)(=O)Oc1ccc(CN(Cc2ccco2)C(=O)c2cccc(F)c2)cc1. The molecule has 0 aliphatic heterocycles. The van der Waals surface area contributed by atoms with Crippen LogP contribution in [-0.4, -0.2) is 24.5 Å². The van der Waals surface area contributed by atoms with Crippen molar-refractivity contribution in [3.8, 4) is 5.75 Å². The lowest BCUT2D eigenvalue weighted by atomic mass is 10.1. The monoisotopic (exact) mass is 431 g/mol. The average molecular weight is 431 g/mol. The molecule has 6 nitrogen and oxygen atoms in total. The van der Waals surface area contributed by atoms with Gasteiger partial charge in [-0.1, -0.05) is 18.2 Å². The Hall–Kier alpha value is -3.13. The van der Waals surface area contributed by atoms with Gasteiger partial charge in [-0.05, 0) is 61.9 Å². The van der Waals surface area contributed by atoms with Crippen LogP contribution in [0.5, 0.6) is 5.75 Å². The molecule has 158 valence electrons. The van der Waals surface area contributed by atoms with E-state index in [1.807, 2.05) is 0 Å². The van der Waals surface area contributed by atoms with Crippen molar-refractivity contribution in [2.75, 3.05) is 0 Å². The van der Waals surface area contributed by atoms with Gasteiger partial charge in [0.1, 0.15) is 17.3 Å². The van der Waals surface area contributed by atoms with Crippen LogP contribution in [0.2, 0.25) is 0 Å². The minimum absolute atomic E-state index is 0.196. The maximum atomic E-state index is 13.6. The van der Waals surface area contributed by atoms with Crippen LogP contribution < -0.4 is 4.18 Å². The van der Waals surface area contributed by atoms with E-state index in [4.69, 9.17) is 8.60 Å². The second-order valence-corrected chi connectivity index (χ2v) is 9.11. The fourth-order valence-electron chi connectivity index (χ4n) is 2.70. The topological polar surface area (TPSA) is 76.8 Å². The molecule has 1 heterocycles. The summed E-state index contributed by atoms with van der Waals surface area (Å²) in [6.45, 7) is 3.48. The summed E-state index contributed by atoms with van der Waals surface area (Å²) in [5.74, 6) is -0.0653. The first-order valence-electron chi connectivity index (χ1n) is 9.34. The van der Waals surface area contributed by atoms with E-state index >= 15 is 0 Å². The van der Waals surface area contributed by atoms with Gasteiger partial charge in [0.15, 0.2) is 0 Å². The zero-order valence-electron chi connectivity index (χ0n) is 16.6. The summed E-state index contributed by atoms with van der Waals surface area (Å²) >= 11 is 0. The number of carbonyl (C=O) groups excluding carboxylic acids is 1. The highest BCUT2D eigenvalue weighted by Gasteiger charge is 2.20. The van der Waals surface area contributed by atoms with Crippen molar-refractivity contribution in [2.45, 2.75) is 32.2 Å². The van der Waals surface area contributed by atoms with E-state index in [-0.39, 0.29) is 30.3 Å². The maximum absolute atomic E-state index is 13.6. The third-order valence-corrected chi connectivity index (χ3v) is 5.95. The normalized spacial score (nSPS) is 11.5. The fourth-order valence-corrected chi connectivity index (χ4v) is 3.27. The molecule has 0 radical (unpaired) electrons.